The van der Waals surface area contributed by atoms with Gasteiger partial charge in [0.05, 0.1) is 22.6 Å². The molecule has 4 aromatic rings. The van der Waals surface area contributed by atoms with Gasteiger partial charge in [0, 0.05) is 12.0 Å². The second-order valence-electron chi connectivity index (χ2n) is 7.62. The molecule has 0 atom stereocenters. The van der Waals surface area contributed by atoms with Gasteiger partial charge in [-0.1, -0.05) is 6.07 Å². The Morgan fingerprint density at radius 3 is 2.62 bits per heavy atom. The van der Waals surface area contributed by atoms with E-state index >= 15 is 0 Å². The summed E-state index contributed by atoms with van der Waals surface area (Å²) >= 11 is 1.19. The molecule has 0 aliphatic rings. The van der Waals surface area contributed by atoms with Gasteiger partial charge in [-0.3, -0.25) is 4.79 Å². The first kappa shape index (κ1) is 23.7. The summed E-state index contributed by atoms with van der Waals surface area (Å²) in [5.74, 6) is -1.59. The van der Waals surface area contributed by atoms with Crippen molar-refractivity contribution in [3.05, 3.63) is 63.7 Å². The van der Waals surface area contributed by atoms with E-state index in [1.807, 2.05) is 6.92 Å². The van der Waals surface area contributed by atoms with E-state index in [0.29, 0.717) is 38.5 Å². The quantitative estimate of drug-likeness (QED) is 0.303. The number of aromatic nitrogens is 2. The Morgan fingerprint density at radius 1 is 1.18 bits per heavy atom. The molecule has 0 saturated carbocycles. The van der Waals surface area contributed by atoms with E-state index in [1.165, 1.54) is 17.4 Å². The van der Waals surface area contributed by atoms with Crippen LogP contribution in [0.3, 0.4) is 0 Å². The van der Waals surface area contributed by atoms with Gasteiger partial charge in [-0.2, -0.15) is 13.2 Å². The van der Waals surface area contributed by atoms with Gasteiger partial charge in [-0.25, -0.2) is 14.4 Å². The first-order chi connectivity index (χ1) is 16.0. The number of alkyl halides is 3. The molecule has 0 unspecified atom stereocenters. The molecule has 0 saturated heterocycles. The molecule has 34 heavy (non-hydrogen) atoms. The fourth-order valence-electron chi connectivity index (χ4n) is 3.31. The summed E-state index contributed by atoms with van der Waals surface area (Å²) in [5.41, 5.74) is 1.29. The molecule has 0 fully saturated rings. The maximum absolute atomic E-state index is 14.0. The molecule has 2 aromatic heterocycles. The van der Waals surface area contributed by atoms with E-state index in [-0.39, 0.29) is 30.9 Å². The zero-order chi connectivity index (χ0) is 24.6. The summed E-state index contributed by atoms with van der Waals surface area (Å²) in [6.45, 7) is 3.68. The molecule has 2 heterocycles. The third-order valence-corrected chi connectivity index (χ3v) is 6.15. The zero-order valence-corrected chi connectivity index (χ0v) is 18.8. The van der Waals surface area contributed by atoms with Crippen molar-refractivity contribution in [2.24, 2.45) is 0 Å². The van der Waals surface area contributed by atoms with Crippen LogP contribution in [0.4, 0.5) is 17.6 Å². The minimum Gasteiger partial charge on any atom is -0.486 e. The van der Waals surface area contributed by atoms with Crippen molar-refractivity contribution in [3.8, 4) is 16.3 Å². The fourth-order valence-corrected chi connectivity index (χ4v) is 4.29. The number of ether oxygens (including phenoxy) is 1. The molecule has 0 aliphatic heterocycles. The van der Waals surface area contributed by atoms with Gasteiger partial charge in [0.25, 0.3) is 0 Å². The Bertz CT molecular complexity index is 1380. The topological polar surface area (TPSA) is 85.5 Å². The first-order valence-corrected chi connectivity index (χ1v) is 10.9. The summed E-state index contributed by atoms with van der Waals surface area (Å²) in [4.78, 5) is 20.2. The van der Waals surface area contributed by atoms with Crippen molar-refractivity contribution in [2.75, 3.05) is 0 Å². The minimum absolute atomic E-state index is 0.0997. The molecule has 0 bridgehead atoms. The number of hydrogen-bond acceptors (Lipinski definition) is 6. The monoisotopic (exact) mass is 494 g/mol. The van der Waals surface area contributed by atoms with Crippen LogP contribution in [0.2, 0.25) is 0 Å². The number of oxazole rings is 1. The van der Waals surface area contributed by atoms with Gasteiger partial charge in [-0.05, 0) is 43.7 Å². The Morgan fingerprint density at radius 2 is 1.94 bits per heavy atom. The maximum Gasteiger partial charge on any atom is 0.419 e. The summed E-state index contributed by atoms with van der Waals surface area (Å²) < 4.78 is 64.0. The van der Waals surface area contributed by atoms with E-state index in [9.17, 15) is 22.4 Å². The van der Waals surface area contributed by atoms with Gasteiger partial charge < -0.3 is 14.3 Å². The molecule has 0 amide bonds. The maximum atomic E-state index is 14.0. The summed E-state index contributed by atoms with van der Waals surface area (Å²) in [5, 5.41) is 9.23. The van der Waals surface area contributed by atoms with E-state index < -0.39 is 23.5 Å². The predicted molar refractivity (Wildman–Crippen MR) is 116 cm³/mol. The third-order valence-electron chi connectivity index (χ3n) is 4.97. The van der Waals surface area contributed by atoms with E-state index in [4.69, 9.17) is 14.3 Å². The fraction of sp³-hybridized carbons (Fsp3) is 0.261. The highest BCUT2D eigenvalue weighted by atomic mass is 32.1. The summed E-state index contributed by atoms with van der Waals surface area (Å²) in [6.07, 6.45) is -4.74. The lowest BCUT2D eigenvalue weighted by molar-refractivity contribution is -0.140. The van der Waals surface area contributed by atoms with Gasteiger partial charge >= 0.3 is 12.1 Å². The highest BCUT2D eigenvalue weighted by molar-refractivity contribution is 7.15. The van der Waals surface area contributed by atoms with Crippen LogP contribution in [0, 0.1) is 19.7 Å². The van der Waals surface area contributed by atoms with Crippen molar-refractivity contribution in [3.63, 3.8) is 0 Å². The van der Waals surface area contributed by atoms with Crippen LogP contribution in [-0.4, -0.2) is 21.0 Å². The molecule has 4 rings (SSSR count). The molecular weight excluding hydrogens is 476 g/mol. The zero-order valence-electron chi connectivity index (χ0n) is 18.0. The molecular formula is C23H18F4N2O4S. The lowest BCUT2D eigenvalue weighted by atomic mass is 10.1. The molecule has 0 radical (unpaired) electrons. The molecule has 0 aliphatic carbocycles. The van der Waals surface area contributed by atoms with Crippen molar-refractivity contribution >= 4 is 28.4 Å². The molecule has 6 nitrogen and oxygen atoms in total. The Kier molecular flexibility index (Phi) is 6.30. The SMILES string of the molecule is Cc1cc(OCc2sc(-c3ccc(C(F)(F)F)c(F)c3)nc2C)c2nc(CCC(=O)O)oc2c1. The van der Waals surface area contributed by atoms with Crippen LogP contribution in [-0.2, 0) is 24.0 Å². The predicted octanol–water partition coefficient (Wildman–Crippen LogP) is 6.32. The van der Waals surface area contributed by atoms with Gasteiger partial charge in [-0.15, -0.1) is 11.3 Å². The van der Waals surface area contributed by atoms with Crippen LogP contribution in [0.5, 0.6) is 5.75 Å². The van der Waals surface area contributed by atoms with Crippen LogP contribution in [0.1, 0.15) is 34.0 Å². The molecule has 11 heteroatoms. The number of benzene rings is 2. The smallest absolute Gasteiger partial charge is 0.419 e. The average Bonchev–Trinajstić information content (AvgIpc) is 3.32. The molecule has 1 N–H and O–H groups in total. The van der Waals surface area contributed by atoms with E-state index in [2.05, 4.69) is 9.97 Å². The lowest BCUT2D eigenvalue weighted by Gasteiger charge is -2.08. The minimum atomic E-state index is -4.77. The number of aliphatic carboxylic acids is 1. The van der Waals surface area contributed by atoms with Crippen LogP contribution in [0.25, 0.3) is 21.7 Å². The number of rotatable bonds is 7. The van der Waals surface area contributed by atoms with Crippen LogP contribution < -0.4 is 4.74 Å². The number of aryl methyl sites for hydroxylation is 3. The highest BCUT2D eigenvalue weighted by Crippen LogP contribution is 2.36. The number of halogens is 4. The number of carboxylic acid groups (broad SMARTS) is 1. The number of nitrogens with zero attached hydrogens (tertiary/aromatic N) is 2. The Hall–Kier alpha value is -3.47. The highest BCUT2D eigenvalue weighted by Gasteiger charge is 2.34. The van der Waals surface area contributed by atoms with Crippen molar-refractivity contribution in [2.45, 2.75) is 39.5 Å². The van der Waals surface area contributed by atoms with Gasteiger partial charge in [0.15, 0.2) is 17.0 Å². The van der Waals surface area contributed by atoms with E-state index in [0.717, 1.165) is 11.6 Å². The van der Waals surface area contributed by atoms with E-state index in [1.54, 1.807) is 19.1 Å². The van der Waals surface area contributed by atoms with Gasteiger partial charge in [0.2, 0.25) is 0 Å². The lowest BCUT2D eigenvalue weighted by Crippen LogP contribution is -2.07. The normalized spacial score (nSPS) is 11.8. The second-order valence-corrected chi connectivity index (χ2v) is 8.70. The number of thiazole rings is 1. The standard InChI is InChI=1S/C23H18F4N2O4S/c1-11-7-16(21-17(8-11)33-19(29-21)5-6-20(30)31)32-10-18-12(2)28-22(34-18)13-3-4-14(15(24)9-13)23(25,26)27/h3-4,7-9H,5-6,10H2,1-2H3,(H,30,31). The van der Waals surface area contributed by atoms with Crippen molar-refractivity contribution in [1.29, 1.82) is 0 Å². The number of hydrogen-bond donors (Lipinski definition) is 1. The van der Waals surface area contributed by atoms with Crippen molar-refractivity contribution in [1.82, 2.24) is 9.97 Å². The van der Waals surface area contributed by atoms with Crippen molar-refractivity contribution < 1.29 is 36.6 Å². The van der Waals surface area contributed by atoms with Crippen LogP contribution >= 0.6 is 11.3 Å². The summed E-state index contributed by atoms with van der Waals surface area (Å²) in [6, 6.07) is 6.26. The number of carboxylic acids is 1. The summed E-state index contributed by atoms with van der Waals surface area (Å²) in [7, 11) is 0. The van der Waals surface area contributed by atoms with Gasteiger partial charge in [0.1, 0.15) is 23.2 Å². The first-order valence-electron chi connectivity index (χ1n) is 10.1. The molecule has 0 spiro atoms. The Labute approximate surface area is 194 Å². The molecule has 178 valence electrons. The second kappa shape index (κ2) is 9.05. The number of carbonyl (C=O) groups is 1. The average molecular weight is 494 g/mol. The molecule has 2 aromatic carbocycles. The largest absolute Gasteiger partial charge is 0.486 e. The third kappa shape index (κ3) is 5.04. The van der Waals surface area contributed by atoms with Crippen LogP contribution in [0.15, 0.2) is 34.7 Å². The number of fused-ring (bicyclic) bond motifs is 1. The Balaban J connectivity index is 1.56.